The predicted octanol–water partition coefficient (Wildman–Crippen LogP) is 4.36. The summed E-state index contributed by atoms with van der Waals surface area (Å²) in [6.07, 6.45) is 2.15. The minimum absolute atomic E-state index is 0.0494. The number of hydrogen-bond donors (Lipinski definition) is 0. The summed E-state index contributed by atoms with van der Waals surface area (Å²) in [7, 11) is 0. The van der Waals surface area contributed by atoms with E-state index in [4.69, 9.17) is 21.1 Å². The first kappa shape index (κ1) is 20.1. The SMILES string of the molecule is CCOC(=O)c1ccc(O[C@@H]2CC[C@H](C)[C@@]2(CCl)N(CC)CC)cc1. The molecule has 5 heteroatoms. The second kappa shape index (κ2) is 8.91. The van der Waals surface area contributed by atoms with Crippen molar-refractivity contribution in [3.63, 3.8) is 0 Å². The summed E-state index contributed by atoms with van der Waals surface area (Å²) >= 11 is 6.49. The highest BCUT2D eigenvalue weighted by molar-refractivity contribution is 6.18. The van der Waals surface area contributed by atoms with Crippen molar-refractivity contribution in [2.75, 3.05) is 25.6 Å². The van der Waals surface area contributed by atoms with E-state index < -0.39 is 0 Å². The minimum Gasteiger partial charge on any atom is -0.488 e. The average Bonchev–Trinajstić information content (AvgIpc) is 2.94. The maximum absolute atomic E-state index is 11.8. The van der Waals surface area contributed by atoms with Crippen LogP contribution in [0.5, 0.6) is 5.75 Å². The molecule has 1 aromatic carbocycles. The van der Waals surface area contributed by atoms with Crippen molar-refractivity contribution in [2.45, 2.75) is 52.2 Å². The summed E-state index contributed by atoms with van der Waals surface area (Å²) in [5, 5.41) is 0. The van der Waals surface area contributed by atoms with Gasteiger partial charge in [-0.05, 0) is 63.0 Å². The number of nitrogens with zero attached hydrogens (tertiary/aromatic N) is 1. The second-order valence-electron chi connectivity index (χ2n) is 6.63. The summed E-state index contributed by atoms with van der Waals surface area (Å²) in [5.41, 5.74) is 0.395. The van der Waals surface area contributed by atoms with Gasteiger partial charge in [0, 0.05) is 5.88 Å². The van der Waals surface area contributed by atoms with Crippen molar-refractivity contribution in [1.29, 1.82) is 0 Å². The van der Waals surface area contributed by atoms with Gasteiger partial charge in [-0.3, -0.25) is 4.90 Å². The van der Waals surface area contributed by atoms with Gasteiger partial charge in [0.15, 0.2) is 0 Å². The Hall–Kier alpha value is -1.26. The molecule has 1 aliphatic rings. The minimum atomic E-state index is -0.304. The Morgan fingerprint density at radius 1 is 1.20 bits per heavy atom. The number of benzene rings is 1. The molecule has 0 N–H and O–H groups in total. The van der Waals surface area contributed by atoms with Gasteiger partial charge in [-0.25, -0.2) is 4.79 Å². The van der Waals surface area contributed by atoms with Crippen LogP contribution < -0.4 is 4.74 Å². The maximum Gasteiger partial charge on any atom is 0.338 e. The molecule has 0 amide bonds. The highest BCUT2D eigenvalue weighted by Gasteiger charge is 2.52. The smallest absolute Gasteiger partial charge is 0.338 e. The quantitative estimate of drug-likeness (QED) is 0.505. The van der Waals surface area contributed by atoms with Gasteiger partial charge in [-0.1, -0.05) is 20.8 Å². The van der Waals surface area contributed by atoms with Crippen LogP contribution in [-0.4, -0.2) is 48.1 Å². The average molecular weight is 368 g/mol. The third-order valence-corrected chi connectivity index (χ3v) is 5.91. The highest BCUT2D eigenvalue weighted by Crippen LogP contribution is 2.43. The number of carbonyl (C=O) groups is 1. The van der Waals surface area contributed by atoms with E-state index in [9.17, 15) is 4.79 Å². The lowest BCUT2D eigenvalue weighted by Crippen LogP contribution is -2.60. The maximum atomic E-state index is 11.8. The van der Waals surface area contributed by atoms with Crippen molar-refractivity contribution in [1.82, 2.24) is 4.90 Å². The first-order chi connectivity index (χ1) is 12.0. The molecule has 0 bridgehead atoms. The van der Waals surface area contributed by atoms with Crippen LogP contribution in [0.25, 0.3) is 0 Å². The molecule has 0 radical (unpaired) electrons. The molecular formula is C20H30ClNO3. The van der Waals surface area contributed by atoms with Crippen LogP contribution in [0.4, 0.5) is 0 Å². The third kappa shape index (κ3) is 3.95. The van der Waals surface area contributed by atoms with E-state index in [2.05, 4.69) is 25.7 Å². The van der Waals surface area contributed by atoms with Gasteiger partial charge in [0.25, 0.3) is 0 Å². The first-order valence-electron chi connectivity index (χ1n) is 9.28. The Morgan fingerprint density at radius 2 is 1.84 bits per heavy atom. The third-order valence-electron chi connectivity index (χ3n) is 5.48. The van der Waals surface area contributed by atoms with Crippen molar-refractivity contribution in [2.24, 2.45) is 5.92 Å². The molecule has 1 aliphatic carbocycles. The van der Waals surface area contributed by atoms with Crippen molar-refractivity contribution >= 4 is 17.6 Å². The molecule has 0 aromatic heterocycles. The number of esters is 1. The van der Waals surface area contributed by atoms with Gasteiger partial charge in [0.2, 0.25) is 0 Å². The van der Waals surface area contributed by atoms with Crippen LogP contribution in [0, 0.1) is 5.92 Å². The molecule has 0 heterocycles. The van der Waals surface area contributed by atoms with E-state index >= 15 is 0 Å². The fourth-order valence-electron chi connectivity index (χ4n) is 4.06. The Bertz CT molecular complexity index is 559. The number of likely N-dealkylation sites (N-methyl/N-ethyl adjacent to an activating group) is 1. The van der Waals surface area contributed by atoms with Crippen LogP contribution in [0.1, 0.15) is 50.9 Å². The van der Waals surface area contributed by atoms with Crippen LogP contribution in [0.15, 0.2) is 24.3 Å². The Kier molecular flexibility index (Phi) is 7.14. The van der Waals surface area contributed by atoms with Gasteiger partial charge in [-0.2, -0.15) is 0 Å². The van der Waals surface area contributed by atoms with Gasteiger partial charge >= 0.3 is 5.97 Å². The summed E-state index contributed by atoms with van der Waals surface area (Å²) in [6.45, 7) is 10.7. The van der Waals surface area contributed by atoms with Crippen LogP contribution in [0.3, 0.4) is 0 Å². The summed E-state index contributed by atoms with van der Waals surface area (Å²) in [5.74, 6) is 1.51. The number of halogens is 1. The summed E-state index contributed by atoms with van der Waals surface area (Å²) < 4.78 is 11.4. The molecular weight excluding hydrogens is 338 g/mol. The lowest BCUT2D eigenvalue weighted by atomic mass is 9.86. The number of ether oxygens (including phenoxy) is 2. The molecule has 3 atom stereocenters. The van der Waals surface area contributed by atoms with Gasteiger partial charge in [-0.15, -0.1) is 11.6 Å². The molecule has 0 saturated heterocycles. The highest BCUT2D eigenvalue weighted by atomic mass is 35.5. The molecule has 1 fully saturated rings. The largest absolute Gasteiger partial charge is 0.488 e. The Morgan fingerprint density at radius 3 is 2.36 bits per heavy atom. The molecule has 1 saturated carbocycles. The van der Waals surface area contributed by atoms with Crippen molar-refractivity contribution in [3.05, 3.63) is 29.8 Å². The van der Waals surface area contributed by atoms with Crippen molar-refractivity contribution < 1.29 is 14.3 Å². The van der Waals surface area contributed by atoms with Crippen LogP contribution >= 0.6 is 11.6 Å². The molecule has 4 nitrogen and oxygen atoms in total. The van der Waals surface area contributed by atoms with E-state index in [1.54, 1.807) is 19.1 Å². The summed E-state index contributed by atoms with van der Waals surface area (Å²) in [6, 6.07) is 7.20. The first-order valence-corrected chi connectivity index (χ1v) is 9.81. The van der Waals surface area contributed by atoms with Gasteiger partial charge < -0.3 is 9.47 Å². The summed E-state index contributed by atoms with van der Waals surface area (Å²) in [4.78, 5) is 14.2. The van der Waals surface area contributed by atoms with E-state index in [0.717, 1.165) is 31.7 Å². The molecule has 0 spiro atoms. The number of hydrogen-bond acceptors (Lipinski definition) is 4. The normalized spacial score (nSPS) is 26.0. The standard InChI is InChI=1S/C20H30ClNO3/c1-5-22(6-2)20(14-21)15(4)8-13-18(20)25-17-11-9-16(10-12-17)19(23)24-7-3/h9-12,15,18H,5-8,13-14H2,1-4H3/t15-,18+,20+/m0/s1. The van der Waals surface area contributed by atoms with E-state index in [0.29, 0.717) is 24.0 Å². The second-order valence-corrected chi connectivity index (χ2v) is 6.89. The lowest BCUT2D eigenvalue weighted by molar-refractivity contribution is 0.000308. The number of carbonyl (C=O) groups excluding carboxylic acids is 1. The number of rotatable bonds is 8. The molecule has 25 heavy (non-hydrogen) atoms. The fourth-order valence-corrected chi connectivity index (χ4v) is 4.66. The Balaban J connectivity index is 2.18. The van der Waals surface area contributed by atoms with Crippen LogP contribution in [0.2, 0.25) is 0 Å². The van der Waals surface area contributed by atoms with Gasteiger partial charge in [0.1, 0.15) is 11.9 Å². The van der Waals surface area contributed by atoms with E-state index in [1.165, 1.54) is 0 Å². The lowest BCUT2D eigenvalue weighted by Gasteiger charge is -2.46. The van der Waals surface area contributed by atoms with E-state index in [1.807, 2.05) is 12.1 Å². The molecule has 2 rings (SSSR count). The zero-order valence-corrected chi connectivity index (χ0v) is 16.5. The fraction of sp³-hybridized carbons (Fsp3) is 0.650. The van der Waals surface area contributed by atoms with Gasteiger partial charge in [0.05, 0.1) is 17.7 Å². The molecule has 0 aliphatic heterocycles. The monoisotopic (exact) mass is 367 g/mol. The molecule has 0 unspecified atom stereocenters. The molecule has 1 aromatic rings. The Labute approximate surface area is 156 Å². The molecule has 140 valence electrons. The zero-order chi connectivity index (χ0) is 18.4. The van der Waals surface area contributed by atoms with E-state index in [-0.39, 0.29) is 17.6 Å². The number of alkyl halides is 1. The zero-order valence-electron chi connectivity index (χ0n) is 15.8. The van der Waals surface area contributed by atoms with Crippen LogP contribution in [-0.2, 0) is 4.74 Å². The predicted molar refractivity (Wildman–Crippen MR) is 102 cm³/mol. The van der Waals surface area contributed by atoms with Crippen molar-refractivity contribution in [3.8, 4) is 5.75 Å². The topological polar surface area (TPSA) is 38.8 Å².